The number of amides is 1. The van der Waals surface area contributed by atoms with Crippen LogP contribution >= 0.6 is 0 Å². The van der Waals surface area contributed by atoms with Gasteiger partial charge in [-0.25, -0.2) is 0 Å². The van der Waals surface area contributed by atoms with Gasteiger partial charge in [-0.2, -0.15) is 0 Å². The van der Waals surface area contributed by atoms with Crippen LogP contribution in [0.5, 0.6) is 0 Å². The number of oxime groups is 1. The summed E-state index contributed by atoms with van der Waals surface area (Å²) in [6, 6.07) is 6.69. The van der Waals surface area contributed by atoms with Gasteiger partial charge >= 0.3 is 0 Å². The van der Waals surface area contributed by atoms with Gasteiger partial charge in [-0.05, 0) is 24.6 Å². The van der Waals surface area contributed by atoms with E-state index < -0.39 is 0 Å². The number of carbonyl (C=O) groups is 1. The van der Waals surface area contributed by atoms with Gasteiger partial charge in [0.05, 0.1) is 11.8 Å². The van der Waals surface area contributed by atoms with Gasteiger partial charge in [0.25, 0.3) is 5.91 Å². The number of hydrogen-bond donors (Lipinski definition) is 3. The standard InChI is InChI=1S/C13H13N3O3/c1-8-2-3-9(12(14)16-18)6-11(8)15-13(17)10-4-5-19-7-10/h2-7,18H,1H3,(H2,14,16)(H,15,17). The number of anilines is 1. The number of amidine groups is 1. The molecule has 0 spiro atoms. The van der Waals surface area contributed by atoms with Gasteiger partial charge < -0.3 is 20.7 Å². The molecule has 0 radical (unpaired) electrons. The molecule has 2 aromatic rings. The zero-order chi connectivity index (χ0) is 13.8. The van der Waals surface area contributed by atoms with E-state index in [2.05, 4.69) is 10.5 Å². The summed E-state index contributed by atoms with van der Waals surface area (Å²) >= 11 is 0. The number of nitrogens with one attached hydrogen (secondary N) is 1. The Morgan fingerprint density at radius 3 is 2.79 bits per heavy atom. The van der Waals surface area contributed by atoms with Gasteiger partial charge in [0.1, 0.15) is 6.26 Å². The molecule has 0 aliphatic carbocycles. The van der Waals surface area contributed by atoms with Crippen molar-refractivity contribution in [1.29, 1.82) is 0 Å². The van der Waals surface area contributed by atoms with Gasteiger partial charge in [-0.3, -0.25) is 4.79 Å². The normalized spacial score (nSPS) is 11.3. The lowest BCUT2D eigenvalue weighted by Gasteiger charge is -2.09. The molecular weight excluding hydrogens is 246 g/mol. The Labute approximate surface area is 109 Å². The SMILES string of the molecule is Cc1ccc(C(N)=NO)cc1NC(=O)c1ccoc1. The molecule has 98 valence electrons. The zero-order valence-electron chi connectivity index (χ0n) is 10.3. The highest BCUT2D eigenvalue weighted by Gasteiger charge is 2.10. The average molecular weight is 259 g/mol. The summed E-state index contributed by atoms with van der Waals surface area (Å²) in [5.41, 5.74) is 7.92. The summed E-state index contributed by atoms with van der Waals surface area (Å²) in [6.07, 6.45) is 2.78. The molecule has 6 heteroatoms. The predicted molar refractivity (Wildman–Crippen MR) is 70.4 cm³/mol. The van der Waals surface area contributed by atoms with Crippen LogP contribution in [0.4, 0.5) is 5.69 Å². The highest BCUT2D eigenvalue weighted by Crippen LogP contribution is 2.18. The van der Waals surface area contributed by atoms with Crippen molar-refractivity contribution < 1.29 is 14.4 Å². The first-order valence-electron chi connectivity index (χ1n) is 5.54. The molecule has 4 N–H and O–H groups in total. The number of carbonyl (C=O) groups excluding carboxylic acids is 1. The minimum atomic E-state index is -0.284. The molecule has 0 unspecified atom stereocenters. The molecule has 0 aliphatic heterocycles. The number of benzene rings is 1. The minimum absolute atomic E-state index is 0.0150. The van der Waals surface area contributed by atoms with Crippen molar-refractivity contribution in [2.75, 3.05) is 5.32 Å². The van der Waals surface area contributed by atoms with E-state index in [9.17, 15) is 4.79 Å². The Morgan fingerprint density at radius 2 is 2.16 bits per heavy atom. The number of hydrogen-bond acceptors (Lipinski definition) is 4. The summed E-state index contributed by atoms with van der Waals surface area (Å²) in [6.45, 7) is 1.85. The van der Waals surface area contributed by atoms with E-state index in [4.69, 9.17) is 15.4 Å². The molecule has 2 rings (SSSR count). The monoisotopic (exact) mass is 259 g/mol. The second kappa shape index (κ2) is 5.26. The first-order valence-corrected chi connectivity index (χ1v) is 5.54. The van der Waals surface area contributed by atoms with Crippen LogP contribution < -0.4 is 11.1 Å². The first kappa shape index (κ1) is 12.7. The van der Waals surface area contributed by atoms with Crippen LogP contribution in [0.25, 0.3) is 0 Å². The second-order valence-electron chi connectivity index (χ2n) is 3.98. The highest BCUT2D eigenvalue weighted by molar-refractivity contribution is 6.05. The Morgan fingerprint density at radius 1 is 1.37 bits per heavy atom. The molecule has 0 saturated carbocycles. The fourth-order valence-electron chi connectivity index (χ4n) is 1.56. The molecule has 1 heterocycles. The maximum absolute atomic E-state index is 11.9. The Balaban J connectivity index is 2.27. The van der Waals surface area contributed by atoms with Crippen molar-refractivity contribution >= 4 is 17.4 Å². The fraction of sp³-hybridized carbons (Fsp3) is 0.0769. The minimum Gasteiger partial charge on any atom is -0.472 e. The van der Waals surface area contributed by atoms with Gasteiger partial charge in [0, 0.05) is 11.3 Å². The van der Waals surface area contributed by atoms with Gasteiger partial charge in [0.2, 0.25) is 0 Å². The molecular formula is C13H13N3O3. The van der Waals surface area contributed by atoms with Crippen molar-refractivity contribution in [1.82, 2.24) is 0 Å². The number of furan rings is 1. The average Bonchev–Trinajstić information content (AvgIpc) is 2.94. The lowest BCUT2D eigenvalue weighted by Crippen LogP contribution is -2.16. The molecule has 1 aromatic heterocycles. The maximum atomic E-state index is 11.9. The summed E-state index contributed by atoms with van der Waals surface area (Å²) in [5.74, 6) is -0.299. The maximum Gasteiger partial charge on any atom is 0.258 e. The van der Waals surface area contributed by atoms with Gasteiger partial charge in [-0.1, -0.05) is 17.3 Å². The van der Waals surface area contributed by atoms with Gasteiger partial charge in [-0.15, -0.1) is 0 Å². The topological polar surface area (TPSA) is 101 Å². The molecule has 0 atom stereocenters. The number of rotatable bonds is 3. The Kier molecular flexibility index (Phi) is 3.51. The Bertz CT molecular complexity index is 618. The van der Waals surface area contributed by atoms with Crippen LogP contribution in [0.1, 0.15) is 21.5 Å². The van der Waals surface area contributed by atoms with Crippen molar-refractivity contribution in [2.45, 2.75) is 6.92 Å². The number of aryl methyl sites for hydroxylation is 1. The summed E-state index contributed by atoms with van der Waals surface area (Å²) in [5, 5.41) is 14.3. The van der Waals surface area contributed by atoms with Crippen molar-refractivity contribution in [2.24, 2.45) is 10.9 Å². The Hall–Kier alpha value is -2.76. The van der Waals surface area contributed by atoms with E-state index in [0.29, 0.717) is 16.8 Å². The fourth-order valence-corrected chi connectivity index (χ4v) is 1.56. The number of nitrogens with zero attached hydrogens (tertiary/aromatic N) is 1. The van der Waals surface area contributed by atoms with E-state index in [1.807, 2.05) is 6.92 Å². The molecule has 0 bridgehead atoms. The first-order chi connectivity index (χ1) is 9.11. The smallest absolute Gasteiger partial charge is 0.258 e. The summed E-state index contributed by atoms with van der Waals surface area (Å²) in [7, 11) is 0. The van der Waals surface area contributed by atoms with E-state index in [0.717, 1.165) is 5.56 Å². The van der Waals surface area contributed by atoms with E-state index in [1.165, 1.54) is 12.5 Å². The third-order valence-electron chi connectivity index (χ3n) is 2.67. The van der Waals surface area contributed by atoms with Crippen molar-refractivity contribution in [3.8, 4) is 0 Å². The largest absolute Gasteiger partial charge is 0.472 e. The van der Waals surface area contributed by atoms with E-state index >= 15 is 0 Å². The quantitative estimate of drug-likeness (QED) is 0.339. The lowest BCUT2D eigenvalue weighted by atomic mass is 10.1. The van der Waals surface area contributed by atoms with E-state index in [1.54, 1.807) is 24.3 Å². The lowest BCUT2D eigenvalue weighted by molar-refractivity contribution is 0.102. The predicted octanol–water partition coefficient (Wildman–Crippen LogP) is 1.93. The molecule has 0 saturated heterocycles. The van der Waals surface area contributed by atoms with Gasteiger partial charge in [0.15, 0.2) is 5.84 Å². The second-order valence-corrected chi connectivity index (χ2v) is 3.98. The van der Waals surface area contributed by atoms with Crippen molar-refractivity contribution in [3.63, 3.8) is 0 Å². The summed E-state index contributed by atoms with van der Waals surface area (Å²) < 4.78 is 4.85. The van der Waals surface area contributed by atoms with Crippen molar-refractivity contribution in [3.05, 3.63) is 53.5 Å². The molecule has 1 aromatic carbocycles. The highest BCUT2D eigenvalue weighted by atomic mass is 16.4. The van der Waals surface area contributed by atoms with E-state index in [-0.39, 0.29) is 11.7 Å². The van der Waals surface area contributed by atoms with Crippen LogP contribution in [0, 0.1) is 6.92 Å². The van der Waals surface area contributed by atoms with Crippen LogP contribution in [0.2, 0.25) is 0 Å². The zero-order valence-corrected chi connectivity index (χ0v) is 10.3. The van der Waals surface area contributed by atoms with Crippen LogP contribution in [0.15, 0.2) is 46.4 Å². The third kappa shape index (κ3) is 2.74. The number of nitrogens with two attached hydrogens (primary N) is 1. The van der Waals surface area contributed by atoms with Crippen LogP contribution in [-0.4, -0.2) is 17.0 Å². The third-order valence-corrected chi connectivity index (χ3v) is 2.67. The molecule has 19 heavy (non-hydrogen) atoms. The van der Waals surface area contributed by atoms with Crippen LogP contribution in [0.3, 0.4) is 0 Å². The molecule has 0 aliphatic rings. The molecule has 1 amide bonds. The summed E-state index contributed by atoms with van der Waals surface area (Å²) in [4.78, 5) is 11.9. The van der Waals surface area contributed by atoms with Crippen LogP contribution in [-0.2, 0) is 0 Å². The molecule has 6 nitrogen and oxygen atoms in total. The molecule has 0 fully saturated rings.